The zero-order valence-corrected chi connectivity index (χ0v) is 16.0. The van der Waals surface area contributed by atoms with E-state index in [2.05, 4.69) is 10.3 Å². The van der Waals surface area contributed by atoms with E-state index in [0.717, 1.165) is 16.8 Å². The Balaban J connectivity index is 1.52. The van der Waals surface area contributed by atoms with Crippen LogP contribution in [0.15, 0.2) is 53.9 Å². The van der Waals surface area contributed by atoms with Gasteiger partial charge in [0.2, 0.25) is 5.91 Å². The molecule has 0 aliphatic heterocycles. The van der Waals surface area contributed by atoms with Crippen molar-refractivity contribution in [1.29, 1.82) is 0 Å². The van der Waals surface area contributed by atoms with Crippen molar-refractivity contribution in [3.8, 4) is 0 Å². The molecule has 0 fully saturated rings. The van der Waals surface area contributed by atoms with Gasteiger partial charge in [0.15, 0.2) is 0 Å². The van der Waals surface area contributed by atoms with E-state index in [4.69, 9.17) is 4.74 Å². The lowest BCUT2D eigenvalue weighted by molar-refractivity contribution is -0.115. The molecule has 6 heteroatoms. The van der Waals surface area contributed by atoms with Gasteiger partial charge in [0.25, 0.3) is 0 Å². The Morgan fingerprint density at radius 3 is 2.56 bits per heavy atom. The molecule has 2 aromatic carbocycles. The van der Waals surface area contributed by atoms with Gasteiger partial charge in [-0.3, -0.25) is 4.79 Å². The molecule has 0 bridgehead atoms. The van der Waals surface area contributed by atoms with Crippen LogP contribution < -0.4 is 5.32 Å². The lowest BCUT2D eigenvalue weighted by Gasteiger charge is -2.06. The molecule has 0 atom stereocenters. The molecule has 5 nitrogen and oxygen atoms in total. The Morgan fingerprint density at radius 1 is 1.07 bits per heavy atom. The van der Waals surface area contributed by atoms with Gasteiger partial charge in [0, 0.05) is 11.1 Å². The molecular weight excluding hydrogens is 360 g/mol. The summed E-state index contributed by atoms with van der Waals surface area (Å²) >= 11 is 1.38. The SMILES string of the molecule is Cc1ccc(C(=O)OCc2csc(CC(=O)Nc3ccccc3C)n2)cc1. The number of nitrogens with zero attached hydrogens (tertiary/aromatic N) is 1. The van der Waals surface area contributed by atoms with Gasteiger partial charge in [-0.15, -0.1) is 11.3 Å². The molecule has 3 rings (SSSR count). The summed E-state index contributed by atoms with van der Waals surface area (Å²) in [5, 5.41) is 5.37. The van der Waals surface area contributed by atoms with Crippen LogP contribution in [0.4, 0.5) is 5.69 Å². The number of para-hydroxylation sites is 1. The van der Waals surface area contributed by atoms with Crippen LogP contribution in [0.1, 0.15) is 32.2 Å². The van der Waals surface area contributed by atoms with Crippen molar-refractivity contribution in [2.24, 2.45) is 0 Å². The Bertz CT molecular complexity index is 948. The molecule has 3 aromatic rings. The molecule has 138 valence electrons. The predicted octanol–water partition coefficient (Wildman–Crippen LogP) is 4.30. The minimum atomic E-state index is -0.387. The van der Waals surface area contributed by atoms with E-state index >= 15 is 0 Å². The van der Waals surface area contributed by atoms with Crippen LogP contribution in [-0.2, 0) is 22.6 Å². The van der Waals surface area contributed by atoms with E-state index in [1.54, 1.807) is 17.5 Å². The van der Waals surface area contributed by atoms with Gasteiger partial charge in [0.05, 0.1) is 17.7 Å². The summed E-state index contributed by atoms with van der Waals surface area (Å²) in [5.41, 5.74) is 4.03. The average Bonchev–Trinajstić information content (AvgIpc) is 3.09. The number of nitrogens with one attached hydrogen (secondary N) is 1. The van der Waals surface area contributed by atoms with Crippen molar-refractivity contribution in [2.45, 2.75) is 26.9 Å². The van der Waals surface area contributed by atoms with E-state index in [1.807, 2.05) is 50.2 Å². The fourth-order valence-corrected chi connectivity index (χ4v) is 3.23. The van der Waals surface area contributed by atoms with Gasteiger partial charge in [-0.25, -0.2) is 9.78 Å². The maximum Gasteiger partial charge on any atom is 0.338 e. The standard InChI is InChI=1S/C21H20N2O3S/c1-14-7-9-16(10-8-14)21(25)26-12-17-13-27-20(22-17)11-19(24)23-18-6-4-3-5-15(18)2/h3-10,13H,11-12H2,1-2H3,(H,23,24). The van der Waals surface area contributed by atoms with Gasteiger partial charge in [-0.05, 0) is 37.6 Å². The second kappa shape index (κ2) is 8.60. The number of benzene rings is 2. The molecule has 0 unspecified atom stereocenters. The molecule has 0 radical (unpaired) electrons. The second-order valence-electron chi connectivity index (χ2n) is 6.21. The summed E-state index contributed by atoms with van der Waals surface area (Å²) in [6.45, 7) is 3.99. The van der Waals surface area contributed by atoms with Gasteiger partial charge < -0.3 is 10.1 Å². The third-order valence-electron chi connectivity index (χ3n) is 3.97. The van der Waals surface area contributed by atoms with Crippen molar-refractivity contribution in [1.82, 2.24) is 4.98 Å². The summed E-state index contributed by atoms with van der Waals surface area (Å²) in [5.74, 6) is -0.510. The highest BCUT2D eigenvalue weighted by atomic mass is 32.1. The molecule has 27 heavy (non-hydrogen) atoms. The Kier molecular flexibility index (Phi) is 5.98. The van der Waals surface area contributed by atoms with Gasteiger partial charge in [0.1, 0.15) is 11.6 Å². The maximum atomic E-state index is 12.2. The number of carbonyl (C=O) groups excluding carboxylic acids is 2. The Morgan fingerprint density at radius 2 is 1.81 bits per heavy atom. The maximum absolute atomic E-state index is 12.2. The average molecular weight is 380 g/mol. The number of thiazole rings is 1. The second-order valence-corrected chi connectivity index (χ2v) is 7.16. The quantitative estimate of drug-likeness (QED) is 0.648. The van der Waals surface area contributed by atoms with E-state index in [9.17, 15) is 9.59 Å². The Labute approximate surface area is 162 Å². The summed E-state index contributed by atoms with van der Waals surface area (Å²) in [7, 11) is 0. The molecule has 0 saturated heterocycles. The lowest BCUT2D eigenvalue weighted by Crippen LogP contribution is -2.15. The highest BCUT2D eigenvalue weighted by Crippen LogP contribution is 2.16. The third-order valence-corrected chi connectivity index (χ3v) is 4.87. The number of rotatable bonds is 6. The minimum Gasteiger partial charge on any atom is -0.456 e. The molecular formula is C21H20N2O3S. The number of carbonyl (C=O) groups is 2. The largest absolute Gasteiger partial charge is 0.456 e. The summed E-state index contributed by atoms with van der Waals surface area (Å²) < 4.78 is 5.29. The van der Waals surface area contributed by atoms with Crippen LogP contribution >= 0.6 is 11.3 Å². The van der Waals surface area contributed by atoms with Crippen LogP contribution in [0.5, 0.6) is 0 Å². The number of esters is 1. The number of ether oxygens (including phenoxy) is 1. The molecule has 1 aromatic heterocycles. The summed E-state index contributed by atoms with van der Waals surface area (Å²) in [6.07, 6.45) is 0.185. The van der Waals surface area contributed by atoms with E-state index in [-0.39, 0.29) is 24.9 Å². The monoisotopic (exact) mass is 380 g/mol. The van der Waals surface area contributed by atoms with E-state index in [1.165, 1.54) is 11.3 Å². The van der Waals surface area contributed by atoms with Crippen LogP contribution in [0.2, 0.25) is 0 Å². The number of hydrogen-bond acceptors (Lipinski definition) is 5. The van der Waals surface area contributed by atoms with Crippen molar-refractivity contribution < 1.29 is 14.3 Å². The first-order chi connectivity index (χ1) is 13.0. The highest BCUT2D eigenvalue weighted by Gasteiger charge is 2.12. The molecule has 1 amide bonds. The van der Waals surface area contributed by atoms with Crippen LogP contribution in [-0.4, -0.2) is 16.9 Å². The highest BCUT2D eigenvalue weighted by molar-refractivity contribution is 7.09. The number of anilines is 1. The van der Waals surface area contributed by atoms with Crippen LogP contribution in [0.3, 0.4) is 0 Å². The number of aryl methyl sites for hydroxylation is 2. The van der Waals surface area contributed by atoms with E-state index < -0.39 is 0 Å². The van der Waals surface area contributed by atoms with E-state index in [0.29, 0.717) is 16.3 Å². The topological polar surface area (TPSA) is 68.3 Å². The first kappa shape index (κ1) is 18.8. The van der Waals surface area contributed by atoms with Crippen molar-refractivity contribution in [2.75, 3.05) is 5.32 Å². The molecule has 1 N–H and O–H groups in total. The molecule has 0 saturated carbocycles. The first-order valence-electron chi connectivity index (χ1n) is 8.54. The van der Waals surface area contributed by atoms with Gasteiger partial charge in [-0.2, -0.15) is 0 Å². The first-order valence-corrected chi connectivity index (χ1v) is 9.42. The number of aromatic nitrogens is 1. The molecule has 0 aliphatic carbocycles. The smallest absolute Gasteiger partial charge is 0.338 e. The van der Waals surface area contributed by atoms with Gasteiger partial charge in [-0.1, -0.05) is 35.9 Å². The minimum absolute atomic E-state index is 0.0859. The van der Waals surface area contributed by atoms with Crippen molar-refractivity contribution in [3.05, 3.63) is 81.3 Å². The molecule has 0 spiro atoms. The zero-order chi connectivity index (χ0) is 19.2. The van der Waals surface area contributed by atoms with Crippen molar-refractivity contribution >= 4 is 28.9 Å². The van der Waals surface area contributed by atoms with Crippen LogP contribution in [0.25, 0.3) is 0 Å². The fourth-order valence-electron chi connectivity index (χ4n) is 2.45. The number of amides is 1. The summed E-state index contributed by atoms with van der Waals surface area (Å²) in [6, 6.07) is 14.8. The lowest BCUT2D eigenvalue weighted by atomic mass is 10.1. The van der Waals surface area contributed by atoms with Crippen LogP contribution in [0, 0.1) is 13.8 Å². The third kappa shape index (κ3) is 5.24. The molecule has 1 heterocycles. The zero-order valence-electron chi connectivity index (χ0n) is 15.2. The predicted molar refractivity (Wildman–Crippen MR) is 106 cm³/mol. The fraction of sp³-hybridized carbons (Fsp3) is 0.190. The van der Waals surface area contributed by atoms with Gasteiger partial charge >= 0.3 is 5.97 Å². The Hall–Kier alpha value is -2.99. The van der Waals surface area contributed by atoms with Crippen molar-refractivity contribution in [3.63, 3.8) is 0 Å². The molecule has 0 aliphatic rings. The number of hydrogen-bond donors (Lipinski definition) is 1. The normalized spacial score (nSPS) is 10.4. The summed E-state index contributed by atoms with van der Waals surface area (Å²) in [4.78, 5) is 28.6.